The van der Waals surface area contributed by atoms with E-state index in [-0.39, 0.29) is 6.54 Å². The van der Waals surface area contributed by atoms with Crippen LogP contribution in [0.3, 0.4) is 0 Å². The number of hydrogen-bond donors (Lipinski definition) is 1. The molecule has 19 heavy (non-hydrogen) atoms. The van der Waals surface area contributed by atoms with Crippen LogP contribution in [0.2, 0.25) is 0 Å². The number of piperidine rings is 1. The zero-order valence-electron chi connectivity index (χ0n) is 11.0. The van der Waals surface area contributed by atoms with Crippen LogP contribution in [0.15, 0.2) is 0 Å². The van der Waals surface area contributed by atoms with Crippen molar-refractivity contribution < 1.29 is 27.9 Å². The van der Waals surface area contributed by atoms with Gasteiger partial charge in [0, 0.05) is 13.0 Å². The molecule has 1 rings (SSSR count). The highest BCUT2D eigenvalue weighted by molar-refractivity contribution is 5.84. The highest BCUT2D eigenvalue weighted by Crippen LogP contribution is 2.41. The Bertz CT molecular complexity index is 366. The van der Waals surface area contributed by atoms with E-state index in [0.29, 0.717) is 19.3 Å². The van der Waals surface area contributed by atoms with Gasteiger partial charge in [0.25, 0.3) is 0 Å². The number of alkyl halides is 3. The molecule has 1 atom stereocenters. The van der Waals surface area contributed by atoms with Crippen LogP contribution in [-0.4, -0.2) is 40.6 Å². The van der Waals surface area contributed by atoms with E-state index in [9.17, 15) is 22.8 Å². The molecule has 1 fully saturated rings. The number of nitrogens with zero attached hydrogens (tertiary/aromatic N) is 1. The molecule has 4 nitrogen and oxygen atoms in total. The number of carbonyl (C=O) groups is 2. The quantitative estimate of drug-likeness (QED) is 0.864. The van der Waals surface area contributed by atoms with Gasteiger partial charge in [-0.3, -0.25) is 4.79 Å². The first kappa shape index (κ1) is 15.8. The fourth-order valence-corrected chi connectivity index (χ4v) is 2.07. The van der Waals surface area contributed by atoms with Crippen LogP contribution in [0.4, 0.5) is 13.2 Å². The van der Waals surface area contributed by atoms with Crippen molar-refractivity contribution in [3.63, 3.8) is 0 Å². The van der Waals surface area contributed by atoms with Crippen molar-refractivity contribution in [3.05, 3.63) is 0 Å². The maximum Gasteiger partial charge on any atom is 0.394 e. The summed E-state index contributed by atoms with van der Waals surface area (Å²) in [5, 5.41) is 9.00. The van der Waals surface area contributed by atoms with Gasteiger partial charge >= 0.3 is 12.1 Å². The Kier molecular flexibility index (Phi) is 4.47. The van der Waals surface area contributed by atoms with Crippen LogP contribution in [0, 0.1) is 5.41 Å². The van der Waals surface area contributed by atoms with Crippen molar-refractivity contribution in [1.82, 2.24) is 4.90 Å². The molecule has 1 amide bonds. The van der Waals surface area contributed by atoms with Crippen LogP contribution in [0.25, 0.3) is 0 Å². The molecule has 0 spiro atoms. The number of carbonyl (C=O) groups excluding carboxylic acids is 1. The van der Waals surface area contributed by atoms with Crippen LogP contribution in [-0.2, 0) is 9.59 Å². The second-order valence-electron chi connectivity index (χ2n) is 5.50. The van der Waals surface area contributed by atoms with E-state index < -0.39 is 35.9 Å². The summed E-state index contributed by atoms with van der Waals surface area (Å²) in [6, 6.07) is -0.995. The van der Waals surface area contributed by atoms with Crippen molar-refractivity contribution in [3.8, 4) is 0 Å². The second-order valence-corrected chi connectivity index (χ2v) is 5.50. The lowest BCUT2D eigenvalue weighted by atomic mass is 9.87. The maximum absolute atomic E-state index is 12.7. The van der Waals surface area contributed by atoms with Crippen LogP contribution >= 0.6 is 0 Å². The van der Waals surface area contributed by atoms with Crippen LogP contribution in [0.1, 0.15) is 39.5 Å². The smallest absolute Gasteiger partial charge is 0.394 e. The third-order valence-electron chi connectivity index (χ3n) is 3.47. The summed E-state index contributed by atoms with van der Waals surface area (Å²) in [6.07, 6.45) is -3.61. The Morgan fingerprint density at radius 2 is 1.84 bits per heavy atom. The van der Waals surface area contributed by atoms with E-state index in [1.807, 2.05) is 0 Å². The summed E-state index contributed by atoms with van der Waals surface area (Å²) >= 11 is 0. The van der Waals surface area contributed by atoms with Gasteiger partial charge in [-0.15, -0.1) is 0 Å². The first-order valence-electron chi connectivity index (χ1n) is 6.15. The number of carboxylic acids is 1. The van der Waals surface area contributed by atoms with Crippen molar-refractivity contribution in [2.24, 2.45) is 5.41 Å². The second kappa shape index (κ2) is 5.38. The molecule has 0 aromatic carbocycles. The first-order valence-corrected chi connectivity index (χ1v) is 6.15. The Hall–Kier alpha value is -1.27. The van der Waals surface area contributed by atoms with Gasteiger partial charge in [0.2, 0.25) is 5.91 Å². The number of carboxylic acid groups (broad SMARTS) is 1. The SMILES string of the molecule is CC(C)(CC(=O)N1CCCCC1C(=O)O)C(F)(F)F. The lowest BCUT2D eigenvalue weighted by Crippen LogP contribution is -2.50. The van der Waals surface area contributed by atoms with E-state index in [1.54, 1.807) is 0 Å². The van der Waals surface area contributed by atoms with Gasteiger partial charge in [0.1, 0.15) is 6.04 Å². The maximum atomic E-state index is 12.7. The van der Waals surface area contributed by atoms with E-state index in [0.717, 1.165) is 18.7 Å². The molecule has 0 saturated carbocycles. The number of aliphatic carboxylic acids is 1. The van der Waals surface area contributed by atoms with Crippen LogP contribution in [0.5, 0.6) is 0 Å². The number of amides is 1. The molecule has 7 heteroatoms. The molecule has 1 aliphatic heterocycles. The Balaban J connectivity index is 2.79. The van der Waals surface area contributed by atoms with Gasteiger partial charge in [-0.2, -0.15) is 13.2 Å². The molecule has 1 aliphatic rings. The van der Waals surface area contributed by atoms with Gasteiger partial charge < -0.3 is 10.0 Å². The number of rotatable bonds is 3. The molecule has 0 aromatic rings. The van der Waals surface area contributed by atoms with E-state index in [4.69, 9.17) is 5.11 Å². The largest absolute Gasteiger partial charge is 0.480 e. The standard InChI is InChI=1S/C12H18F3NO3/c1-11(2,12(13,14)15)7-9(17)16-6-4-3-5-8(16)10(18)19/h8H,3-7H2,1-2H3,(H,18,19). The number of hydrogen-bond acceptors (Lipinski definition) is 2. The molecule has 1 heterocycles. The topological polar surface area (TPSA) is 57.6 Å². The Morgan fingerprint density at radius 3 is 2.32 bits per heavy atom. The number of likely N-dealkylation sites (tertiary alicyclic amines) is 1. The minimum Gasteiger partial charge on any atom is -0.480 e. The summed E-state index contributed by atoms with van der Waals surface area (Å²) in [7, 11) is 0. The molecule has 110 valence electrons. The zero-order chi connectivity index (χ0) is 14.8. The van der Waals surface area contributed by atoms with E-state index in [2.05, 4.69) is 0 Å². The average Bonchev–Trinajstić information content (AvgIpc) is 2.26. The molecule has 1 N–H and O–H groups in total. The lowest BCUT2D eigenvalue weighted by molar-refractivity contribution is -0.215. The van der Waals surface area contributed by atoms with Gasteiger partial charge in [0.05, 0.1) is 5.41 Å². The Labute approximate surface area is 109 Å². The fourth-order valence-electron chi connectivity index (χ4n) is 2.07. The molecule has 0 aromatic heterocycles. The molecule has 0 bridgehead atoms. The highest BCUT2D eigenvalue weighted by Gasteiger charge is 2.49. The predicted octanol–water partition coefficient (Wildman–Crippen LogP) is 2.43. The number of halogens is 3. The summed E-state index contributed by atoms with van der Waals surface area (Å²) in [6.45, 7) is 2.11. The highest BCUT2D eigenvalue weighted by atomic mass is 19.4. The third kappa shape index (κ3) is 3.61. The van der Waals surface area contributed by atoms with Crippen molar-refractivity contribution >= 4 is 11.9 Å². The van der Waals surface area contributed by atoms with E-state index in [1.165, 1.54) is 0 Å². The Morgan fingerprint density at radius 1 is 1.26 bits per heavy atom. The van der Waals surface area contributed by atoms with E-state index >= 15 is 0 Å². The molecule has 0 radical (unpaired) electrons. The third-order valence-corrected chi connectivity index (χ3v) is 3.47. The monoisotopic (exact) mass is 281 g/mol. The van der Waals surface area contributed by atoms with Crippen LogP contribution < -0.4 is 0 Å². The average molecular weight is 281 g/mol. The summed E-state index contributed by atoms with van der Waals surface area (Å²) in [5.41, 5.74) is -2.15. The zero-order valence-corrected chi connectivity index (χ0v) is 11.0. The molecule has 0 aliphatic carbocycles. The summed E-state index contributed by atoms with van der Waals surface area (Å²) in [5.74, 6) is -1.90. The van der Waals surface area contributed by atoms with Gasteiger partial charge in [-0.05, 0) is 19.3 Å². The normalized spacial score (nSPS) is 21.3. The summed E-state index contributed by atoms with van der Waals surface area (Å²) < 4.78 is 38.2. The molecular weight excluding hydrogens is 263 g/mol. The van der Waals surface area contributed by atoms with Crippen molar-refractivity contribution in [2.45, 2.75) is 51.7 Å². The predicted molar refractivity (Wildman–Crippen MR) is 61.4 cm³/mol. The minimum atomic E-state index is -4.49. The van der Waals surface area contributed by atoms with Gasteiger partial charge in [-0.1, -0.05) is 13.8 Å². The fraction of sp³-hybridized carbons (Fsp3) is 0.833. The van der Waals surface area contributed by atoms with Gasteiger partial charge in [0.15, 0.2) is 0 Å². The van der Waals surface area contributed by atoms with Gasteiger partial charge in [-0.25, -0.2) is 4.79 Å². The molecule has 1 unspecified atom stereocenters. The lowest BCUT2D eigenvalue weighted by Gasteiger charge is -2.36. The molecule has 1 saturated heterocycles. The molecular formula is C12H18F3NO3. The first-order chi connectivity index (χ1) is 8.56. The van der Waals surface area contributed by atoms with Crippen molar-refractivity contribution in [1.29, 1.82) is 0 Å². The minimum absolute atomic E-state index is 0.212. The van der Waals surface area contributed by atoms with Crippen molar-refractivity contribution in [2.75, 3.05) is 6.54 Å². The summed E-state index contributed by atoms with van der Waals surface area (Å²) in [4.78, 5) is 24.0.